The van der Waals surface area contributed by atoms with Crippen molar-refractivity contribution >= 4 is 15.5 Å². The second-order valence-electron chi connectivity index (χ2n) is 5.64. The molecule has 0 radical (unpaired) electrons. The van der Waals surface area contributed by atoms with Crippen LogP contribution in [-0.2, 0) is 16.3 Å². The van der Waals surface area contributed by atoms with Crippen molar-refractivity contribution in [2.24, 2.45) is 0 Å². The minimum absolute atomic E-state index is 0.0746. The summed E-state index contributed by atoms with van der Waals surface area (Å²) in [6.45, 7) is 0. The Morgan fingerprint density at radius 1 is 1.24 bits per heavy atom. The highest BCUT2D eigenvalue weighted by molar-refractivity contribution is 7.91. The van der Waals surface area contributed by atoms with E-state index in [0.717, 1.165) is 18.2 Å². The fraction of sp³-hybridized carbons (Fsp3) is 0.250. The van der Waals surface area contributed by atoms with Gasteiger partial charge in [0.2, 0.25) is 9.84 Å². The van der Waals surface area contributed by atoms with E-state index in [4.69, 9.17) is 10.5 Å². The van der Waals surface area contributed by atoms with E-state index in [1.165, 1.54) is 12.1 Å². The van der Waals surface area contributed by atoms with Gasteiger partial charge in [-0.05, 0) is 31.0 Å². The smallest absolute Gasteiger partial charge is 0.341 e. The van der Waals surface area contributed by atoms with Crippen molar-refractivity contribution in [1.29, 1.82) is 0 Å². The van der Waals surface area contributed by atoms with Gasteiger partial charge in [0.1, 0.15) is 17.3 Å². The van der Waals surface area contributed by atoms with Crippen molar-refractivity contribution in [1.82, 2.24) is 0 Å². The molecule has 0 fully saturated rings. The molecule has 0 aliphatic heterocycles. The molecular weight excluding hydrogens is 359 g/mol. The zero-order valence-electron chi connectivity index (χ0n) is 12.7. The summed E-state index contributed by atoms with van der Waals surface area (Å²) in [7, 11) is -4.87. The average molecular weight is 373 g/mol. The van der Waals surface area contributed by atoms with Gasteiger partial charge in [-0.2, -0.15) is 8.78 Å². The zero-order valence-corrected chi connectivity index (χ0v) is 13.6. The number of rotatable bonds is 4. The molecule has 134 valence electrons. The van der Waals surface area contributed by atoms with Gasteiger partial charge in [0.15, 0.2) is 0 Å². The van der Waals surface area contributed by atoms with Gasteiger partial charge in [-0.15, -0.1) is 0 Å². The lowest BCUT2D eigenvalue weighted by Crippen LogP contribution is -2.15. The summed E-state index contributed by atoms with van der Waals surface area (Å²) in [6, 6.07) is 5.72. The van der Waals surface area contributed by atoms with Gasteiger partial charge in [-0.25, -0.2) is 12.8 Å². The molecule has 9 heteroatoms. The molecule has 2 aromatic carbocycles. The molecule has 0 amide bonds. The molecule has 1 aliphatic rings. The lowest BCUT2D eigenvalue weighted by Gasteiger charge is -2.16. The van der Waals surface area contributed by atoms with E-state index in [1.807, 2.05) is 0 Å². The van der Waals surface area contributed by atoms with Crippen LogP contribution >= 0.6 is 0 Å². The molecule has 1 atom stereocenters. The number of anilines is 1. The Morgan fingerprint density at radius 3 is 2.60 bits per heavy atom. The van der Waals surface area contributed by atoms with Crippen LogP contribution in [0.15, 0.2) is 35.2 Å². The Kier molecular flexibility index (Phi) is 4.38. The van der Waals surface area contributed by atoms with Gasteiger partial charge >= 0.3 is 5.76 Å². The third-order valence-electron chi connectivity index (χ3n) is 3.94. The Morgan fingerprint density at radius 2 is 1.96 bits per heavy atom. The number of aliphatic hydroxyl groups is 1. The second-order valence-corrected chi connectivity index (χ2v) is 7.52. The SMILES string of the molecule is Nc1cc(F)cc(Oc2ccc(S(=O)(=O)C(F)F)c3c2CCC3O)c1. The van der Waals surface area contributed by atoms with Gasteiger partial charge in [0, 0.05) is 28.9 Å². The maximum atomic E-state index is 13.4. The summed E-state index contributed by atoms with van der Waals surface area (Å²) in [6.07, 6.45) is -0.782. The summed E-state index contributed by atoms with van der Waals surface area (Å²) >= 11 is 0. The molecule has 1 aliphatic carbocycles. The van der Waals surface area contributed by atoms with Crippen molar-refractivity contribution in [2.75, 3.05) is 5.73 Å². The Bertz CT molecular complexity index is 911. The third kappa shape index (κ3) is 3.16. The van der Waals surface area contributed by atoms with Gasteiger partial charge in [0.05, 0.1) is 11.0 Å². The molecule has 0 aromatic heterocycles. The molecular formula is C16H14F3NO4S. The molecule has 0 bridgehead atoms. The largest absolute Gasteiger partial charge is 0.457 e. The molecule has 3 N–H and O–H groups in total. The maximum absolute atomic E-state index is 13.4. The first-order valence-corrected chi connectivity index (χ1v) is 8.84. The van der Waals surface area contributed by atoms with Crippen molar-refractivity contribution in [3.63, 3.8) is 0 Å². The van der Waals surface area contributed by atoms with E-state index in [2.05, 4.69) is 0 Å². The Balaban J connectivity index is 2.09. The molecule has 2 aromatic rings. The fourth-order valence-electron chi connectivity index (χ4n) is 2.88. The summed E-state index contributed by atoms with van der Waals surface area (Å²) in [5.74, 6) is -3.99. The normalized spacial score (nSPS) is 16.9. The number of nitrogens with two attached hydrogens (primary N) is 1. The van der Waals surface area contributed by atoms with Crippen LogP contribution < -0.4 is 10.5 Å². The first-order chi connectivity index (χ1) is 11.7. The van der Waals surface area contributed by atoms with E-state index in [9.17, 15) is 26.7 Å². The molecule has 5 nitrogen and oxygen atoms in total. The number of sulfone groups is 1. The van der Waals surface area contributed by atoms with Crippen LogP contribution in [0, 0.1) is 5.82 Å². The van der Waals surface area contributed by atoms with Crippen LogP contribution in [0.3, 0.4) is 0 Å². The highest BCUT2D eigenvalue weighted by atomic mass is 32.2. The van der Waals surface area contributed by atoms with Crippen LogP contribution in [-0.4, -0.2) is 19.3 Å². The molecule has 1 unspecified atom stereocenters. The monoisotopic (exact) mass is 373 g/mol. The van der Waals surface area contributed by atoms with Crippen LogP contribution in [0.2, 0.25) is 0 Å². The number of alkyl halides is 2. The minimum Gasteiger partial charge on any atom is -0.457 e. The number of hydrogen-bond donors (Lipinski definition) is 2. The predicted molar refractivity (Wildman–Crippen MR) is 83.8 cm³/mol. The number of fused-ring (bicyclic) bond motifs is 1. The van der Waals surface area contributed by atoms with Crippen molar-refractivity contribution in [3.05, 3.63) is 47.3 Å². The number of hydrogen-bond acceptors (Lipinski definition) is 5. The van der Waals surface area contributed by atoms with Crippen LogP contribution in [0.4, 0.5) is 18.9 Å². The van der Waals surface area contributed by atoms with E-state index in [1.54, 1.807) is 0 Å². The number of ether oxygens (including phenoxy) is 1. The standard InChI is InChI=1S/C16H14F3NO4S/c17-8-5-9(20)7-10(6-8)24-13-3-4-14(25(22,23)16(18)19)15-11(13)1-2-12(15)21/h3-7,12,16,21H,1-2,20H2. The van der Waals surface area contributed by atoms with Gasteiger partial charge < -0.3 is 15.6 Å². The molecule has 0 saturated heterocycles. The average Bonchev–Trinajstić information content (AvgIpc) is 2.89. The predicted octanol–water partition coefficient (Wildman–Crippen LogP) is 3.18. The molecule has 3 rings (SSSR count). The first kappa shape index (κ1) is 17.6. The van der Waals surface area contributed by atoms with Gasteiger partial charge in [-0.3, -0.25) is 0 Å². The third-order valence-corrected chi connectivity index (χ3v) is 5.38. The Labute approximate surface area is 141 Å². The quantitative estimate of drug-likeness (QED) is 0.804. The maximum Gasteiger partial charge on any atom is 0.341 e. The number of benzene rings is 2. The van der Waals surface area contributed by atoms with Gasteiger partial charge in [-0.1, -0.05) is 0 Å². The van der Waals surface area contributed by atoms with E-state index < -0.39 is 32.4 Å². The fourth-order valence-corrected chi connectivity index (χ4v) is 3.90. The van der Waals surface area contributed by atoms with Crippen molar-refractivity contribution in [2.45, 2.75) is 29.6 Å². The summed E-state index contributed by atoms with van der Waals surface area (Å²) in [5, 5.41) is 10.0. The lowest BCUT2D eigenvalue weighted by atomic mass is 10.1. The summed E-state index contributed by atoms with van der Waals surface area (Å²) < 4.78 is 68.4. The number of halogens is 3. The molecule has 0 spiro atoms. The van der Waals surface area contributed by atoms with Crippen molar-refractivity contribution in [3.8, 4) is 11.5 Å². The van der Waals surface area contributed by atoms with Crippen molar-refractivity contribution < 1.29 is 31.4 Å². The minimum atomic E-state index is -4.87. The molecule has 25 heavy (non-hydrogen) atoms. The molecule has 0 heterocycles. The summed E-state index contributed by atoms with van der Waals surface area (Å²) in [4.78, 5) is -0.617. The zero-order chi connectivity index (χ0) is 18.4. The molecule has 0 saturated carbocycles. The van der Waals surface area contributed by atoms with E-state index in [0.29, 0.717) is 5.56 Å². The van der Waals surface area contributed by atoms with Crippen LogP contribution in [0.1, 0.15) is 23.7 Å². The van der Waals surface area contributed by atoms with E-state index >= 15 is 0 Å². The van der Waals surface area contributed by atoms with Crippen LogP contribution in [0.5, 0.6) is 11.5 Å². The van der Waals surface area contributed by atoms with E-state index in [-0.39, 0.29) is 35.6 Å². The second kappa shape index (κ2) is 6.23. The van der Waals surface area contributed by atoms with Crippen LogP contribution in [0.25, 0.3) is 0 Å². The highest BCUT2D eigenvalue weighted by Crippen LogP contribution is 2.43. The highest BCUT2D eigenvalue weighted by Gasteiger charge is 2.36. The first-order valence-electron chi connectivity index (χ1n) is 7.30. The number of aliphatic hydroxyl groups excluding tert-OH is 1. The number of nitrogen functional groups attached to an aromatic ring is 1. The lowest BCUT2D eigenvalue weighted by molar-refractivity contribution is 0.176. The van der Waals surface area contributed by atoms with Gasteiger partial charge in [0.25, 0.3) is 0 Å². The topological polar surface area (TPSA) is 89.6 Å². The summed E-state index contributed by atoms with van der Waals surface area (Å²) in [5.41, 5.74) is 5.88. The Hall–Kier alpha value is -2.26.